The Kier molecular flexibility index (Phi) is 3.15. The van der Waals surface area contributed by atoms with Crippen molar-refractivity contribution >= 4 is 5.91 Å². The van der Waals surface area contributed by atoms with Crippen LogP contribution in [0, 0.1) is 5.92 Å². The predicted molar refractivity (Wildman–Crippen MR) is 56.3 cm³/mol. The molecule has 1 aliphatic heterocycles. The van der Waals surface area contributed by atoms with Gasteiger partial charge < -0.3 is 10.2 Å². The summed E-state index contributed by atoms with van der Waals surface area (Å²) in [6, 6.07) is -0.304. The van der Waals surface area contributed by atoms with Crippen LogP contribution < -0.4 is 5.32 Å². The first-order valence-electron chi connectivity index (χ1n) is 5.83. The number of hydrogen-bond donors (Lipinski definition) is 1. The molecule has 0 radical (unpaired) electrons. The van der Waals surface area contributed by atoms with Gasteiger partial charge in [0.15, 0.2) is 0 Å². The van der Waals surface area contributed by atoms with Gasteiger partial charge in [-0.1, -0.05) is 0 Å². The summed E-state index contributed by atoms with van der Waals surface area (Å²) in [4.78, 5) is 13.9. The molecule has 1 amide bonds. The second-order valence-corrected chi connectivity index (χ2v) is 5.05. The van der Waals surface area contributed by atoms with Crippen LogP contribution in [0.5, 0.6) is 0 Å². The fourth-order valence-electron chi connectivity index (χ4n) is 2.35. The van der Waals surface area contributed by atoms with E-state index in [1.807, 2.05) is 7.05 Å². The Hall–Kier alpha value is -0.710. The van der Waals surface area contributed by atoms with Crippen LogP contribution in [0.2, 0.25) is 0 Å². The lowest BCUT2D eigenvalue weighted by Gasteiger charge is -2.37. The van der Waals surface area contributed by atoms with Crippen molar-refractivity contribution in [1.82, 2.24) is 10.2 Å². The van der Waals surface area contributed by atoms with Crippen molar-refractivity contribution in [3.05, 3.63) is 0 Å². The number of alkyl halides is 2. The van der Waals surface area contributed by atoms with Gasteiger partial charge in [0, 0.05) is 24.8 Å². The molecule has 0 unspecified atom stereocenters. The zero-order chi connectivity index (χ0) is 11.8. The highest BCUT2D eigenvalue weighted by Crippen LogP contribution is 2.37. The summed E-state index contributed by atoms with van der Waals surface area (Å²) in [6.45, 7) is 1.83. The minimum atomic E-state index is -2.55. The van der Waals surface area contributed by atoms with Gasteiger partial charge in [-0.25, -0.2) is 8.78 Å². The number of carbonyl (C=O) groups is 1. The number of nitrogens with zero attached hydrogens (tertiary/aromatic N) is 1. The van der Waals surface area contributed by atoms with E-state index in [0.717, 1.165) is 25.9 Å². The van der Waals surface area contributed by atoms with Crippen molar-refractivity contribution in [2.75, 3.05) is 20.1 Å². The SMILES string of the molecule is CN1CCC(C(=O)NC2CC(F)(F)C2)CC1. The van der Waals surface area contributed by atoms with Crippen molar-refractivity contribution < 1.29 is 13.6 Å². The molecule has 16 heavy (non-hydrogen) atoms. The quantitative estimate of drug-likeness (QED) is 0.777. The van der Waals surface area contributed by atoms with E-state index in [0.29, 0.717) is 0 Å². The molecule has 0 aromatic carbocycles. The minimum absolute atomic E-state index is 0.0189. The lowest BCUT2D eigenvalue weighted by Crippen LogP contribution is -2.52. The van der Waals surface area contributed by atoms with Crippen molar-refractivity contribution in [2.45, 2.75) is 37.6 Å². The van der Waals surface area contributed by atoms with Crippen LogP contribution in [0.15, 0.2) is 0 Å². The number of nitrogens with one attached hydrogen (secondary N) is 1. The Morgan fingerprint density at radius 2 is 1.88 bits per heavy atom. The van der Waals surface area contributed by atoms with E-state index in [-0.39, 0.29) is 30.7 Å². The number of carbonyl (C=O) groups excluding carboxylic acids is 1. The highest BCUT2D eigenvalue weighted by atomic mass is 19.3. The van der Waals surface area contributed by atoms with E-state index in [4.69, 9.17) is 0 Å². The molecule has 1 aliphatic carbocycles. The van der Waals surface area contributed by atoms with Crippen LogP contribution in [-0.4, -0.2) is 42.9 Å². The fourth-order valence-corrected chi connectivity index (χ4v) is 2.35. The van der Waals surface area contributed by atoms with Gasteiger partial charge in [0.25, 0.3) is 5.92 Å². The van der Waals surface area contributed by atoms with Crippen molar-refractivity contribution in [1.29, 1.82) is 0 Å². The van der Waals surface area contributed by atoms with Crippen LogP contribution in [0.1, 0.15) is 25.7 Å². The second kappa shape index (κ2) is 4.28. The Morgan fingerprint density at radius 3 is 2.38 bits per heavy atom. The number of hydrogen-bond acceptors (Lipinski definition) is 2. The van der Waals surface area contributed by atoms with Crippen LogP contribution in [0.3, 0.4) is 0 Å². The van der Waals surface area contributed by atoms with Crippen LogP contribution in [-0.2, 0) is 4.79 Å². The lowest BCUT2D eigenvalue weighted by molar-refractivity contribution is -0.134. The lowest BCUT2D eigenvalue weighted by atomic mass is 9.87. The largest absolute Gasteiger partial charge is 0.353 e. The molecule has 2 aliphatic rings. The van der Waals surface area contributed by atoms with E-state index >= 15 is 0 Å². The first-order valence-corrected chi connectivity index (χ1v) is 5.83. The number of halogens is 2. The Morgan fingerprint density at radius 1 is 1.31 bits per heavy atom. The van der Waals surface area contributed by atoms with E-state index in [1.54, 1.807) is 0 Å². The molecule has 0 spiro atoms. The van der Waals surface area contributed by atoms with E-state index in [9.17, 15) is 13.6 Å². The first kappa shape index (κ1) is 11.8. The number of rotatable bonds is 2. The van der Waals surface area contributed by atoms with Gasteiger partial charge in [-0.05, 0) is 33.0 Å². The molecule has 0 aromatic rings. The van der Waals surface area contributed by atoms with Crippen LogP contribution >= 0.6 is 0 Å². The maximum atomic E-state index is 12.6. The number of piperidine rings is 1. The van der Waals surface area contributed by atoms with Crippen molar-refractivity contribution in [3.8, 4) is 0 Å². The summed E-state index contributed by atoms with van der Waals surface area (Å²) in [5, 5.41) is 2.72. The van der Waals surface area contributed by atoms with E-state index < -0.39 is 5.92 Å². The fraction of sp³-hybridized carbons (Fsp3) is 0.909. The zero-order valence-electron chi connectivity index (χ0n) is 9.51. The number of likely N-dealkylation sites (tertiary alicyclic amines) is 1. The molecule has 92 valence electrons. The average Bonchev–Trinajstić information content (AvgIpc) is 2.15. The Balaban J connectivity index is 1.72. The summed E-state index contributed by atoms with van der Waals surface area (Å²) in [5.41, 5.74) is 0. The standard InChI is InChI=1S/C11H18F2N2O/c1-15-4-2-8(3-5-15)10(16)14-9-6-11(12,13)7-9/h8-9H,2-7H2,1H3,(H,14,16). The number of amides is 1. The third kappa shape index (κ3) is 2.70. The molecule has 5 heteroatoms. The molecule has 0 bridgehead atoms. The monoisotopic (exact) mass is 232 g/mol. The van der Waals surface area contributed by atoms with Gasteiger partial charge >= 0.3 is 0 Å². The van der Waals surface area contributed by atoms with Crippen LogP contribution in [0.4, 0.5) is 8.78 Å². The Bertz CT molecular complexity index is 267. The summed E-state index contributed by atoms with van der Waals surface area (Å²) >= 11 is 0. The maximum Gasteiger partial charge on any atom is 0.252 e. The third-order valence-electron chi connectivity index (χ3n) is 3.53. The van der Waals surface area contributed by atoms with Gasteiger partial charge in [-0.2, -0.15) is 0 Å². The molecule has 1 heterocycles. The predicted octanol–water partition coefficient (Wildman–Crippen LogP) is 1.24. The highest BCUT2D eigenvalue weighted by Gasteiger charge is 2.46. The normalized spacial score (nSPS) is 27.4. The van der Waals surface area contributed by atoms with Crippen molar-refractivity contribution in [2.24, 2.45) is 5.92 Å². The molecule has 2 rings (SSSR count). The molecule has 1 N–H and O–H groups in total. The average molecular weight is 232 g/mol. The van der Waals surface area contributed by atoms with Gasteiger partial charge in [-0.3, -0.25) is 4.79 Å². The topological polar surface area (TPSA) is 32.3 Å². The molecule has 3 nitrogen and oxygen atoms in total. The highest BCUT2D eigenvalue weighted by molar-refractivity contribution is 5.79. The molecule has 0 aromatic heterocycles. The van der Waals surface area contributed by atoms with Crippen molar-refractivity contribution in [3.63, 3.8) is 0 Å². The smallest absolute Gasteiger partial charge is 0.252 e. The minimum Gasteiger partial charge on any atom is -0.353 e. The summed E-state index contributed by atoms with van der Waals surface area (Å²) in [5.74, 6) is -2.57. The maximum absolute atomic E-state index is 12.6. The summed E-state index contributed by atoms with van der Waals surface area (Å²) in [7, 11) is 2.03. The summed E-state index contributed by atoms with van der Waals surface area (Å²) < 4.78 is 25.1. The molecule has 1 saturated carbocycles. The third-order valence-corrected chi connectivity index (χ3v) is 3.53. The summed E-state index contributed by atoms with van der Waals surface area (Å²) in [6.07, 6.45) is 1.30. The van der Waals surface area contributed by atoms with Gasteiger partial charge in [0.1, 0.15) is 0 Å². The zero-order valence-corrected chi connectivity index (χ0v) is 9.51. The van der Waals surface area contributed by atoms with Gasteiger partial charge in [0.05, 0.1) is 0 Å². The molecule has 0 atom stereocenters. The second-order valence-electron chi connectivity index (χ2n) is 5.05. The van der Waals surface area contributed by atoms with E-state index in [1.165, 1.54) is 0 Å². The molecular formula is C11H18F2N2O. The Labute approximate surface area is 94.2 Å². The molecule has 2 fully saturated rings. The van der Waals surface area contributed by atoms with Gasteiger partial charge in [-0.15, -0.1) is 0 Å². The first-order chi connectivity index (χ1) is 7.46. The van der Waals surface area contributed by atoms with Crippen LogP contribution in [0.25, 0.3) is 0 Å². The van der Waals surface area contributed by atoms with Gasteiger partial charge in [0.2, 0.25) is 5.91 Å². The molecular weight excluding hydrogens is 214 g/mol. The molecule has 1 saturated heterocycles. The van der Waals surface area contributed by atoms with E-state index in [2.05, 4.69) is 10.2 Å².